The van der Waals surface area contributed by atoms with E-state index in [4.69, 9.17) is 22.1 Å². The number of rotatable bonds is 7. The van der Waals surface area contributed by atoms with Crippen LogP contribution in [0.3, 0.4) is 0 Å². The predicted molar refractivity (Wildman–Crippen MR) is 140 cm³/mol. The van der Waals surface area contributed by atoms with E-state index >= 15 is 0 Å². The zero-order valence-electron chi connectivity index (χ0n) is 19.2. The Morgan fingerprint density at radius 2 is 1.94 bits per heavy atom. The van der Waals surface area contributed by atoms with Gasteiger partial charge in [0, 0.05) is 24.4 Å². The van der Waals surface area contributed by atoms with Gasteiger partial charge in [-0.15, -0.1) is 0 Å². The van der Waals surface area contributed by atoms with Gasteiger partial charge in [0.15, 0.2) is 0 Å². The van der Waals surface area contributed by atoms with Crippen LogP contribution in [0.5, 0.6) is 0 Å². The molecule has 5 nitrogen and oxygen atoms in total. The van der Waals surface area contributed by atoms with Crippen molar-refractivity contribution in [1.29, 1.82) is 0 Å². The zero-order chi connectivity index (χ0) is 23.5. The molecule has 1 aromatic heterocycles. The van der Waals surface area contributed by atoms with Crippen LogP contribution in [-0.4, -0.2) is 45.2 Å². The third kappa shape index (κ3) is 4.95. The Balaban J connectivity index is 1.82. The van der Waals surface area contributed by atoms with Crippen LogP contribution in [0.15, 0.2) is 59.6 Å². The third-order valence-electron chi connectivity index (χ3n) is 5.63. The van der Waals surface area contributed by atoms with Crippen LogP contribution in [0.1, 0.15) is 36.5 Å². The lowest BCUT2D eigenvalue weighted by Crippen LogP contribution is -2.31. The van der Waals surface area contributed by atoms with Crippen molar-refractivity contribution in [3.05, 3.63) is 76.3 Å². The summed E-state index contributed by atoms with van der Waals surface area (Å²) in [5.74, 6) is 0.314. The van der Waals surface area contributed by atoms with Gasteiger partial charge in [-0.3, -0.25) is 9.69 Å². The van der Waals surface area contributed by atoms with Crippen LogP contribution < -0.4 is 0 Å². The fourth-order valence-corrected chi connectivity index (χ4v) is 4.99. The van der Waals surface area contributed by atoms with Gasteiger partial charge < -0.3 is 4.74 Å². The maximum atomic E-state index is 13.0. The predicted octanol–water partition coefficient (Wildman–Crippen LogP) is 5.82. The molecule has 170 valence electrons. The number of hydrogen-bond donors (Lipinski definition) is 0. The number of hydrogen-bond acceptors (Lipinski definition) is 5. The van der Waals surface area contributed by atoms with Gasteiger partial charge in [-0.05, 0) is 48.2 Å². The van der Waals surface area contributed by atoms with Crippen molar-refractivity contribution in [1.82, 2.24) is 14.7 Å². The van der Waals surface area contributed by atoms with Crippen molar-refractivity contribution >= 4 is 40.3 Å². The van der Waals surface area contributed by atoms with Crippen LogP contribution in [0.2, 0.25) is 0 Å². The summed E-state index contributed by atoms with van der Waals surface area (Å²) in [4.78, 5) is 15.2. The second-order valence-electron chi connectivity index (χ2n) is 8.27. The molecule has 3 aromatic rings. The Bertz CT molecular complexity index is 1220. The molecular weight excluding hydrogens is 450 g/mol. The molecule has 0 bridgehead atoms. The number of para-hydroxylation sites is 1. The molecule has 1 fully saturated rings. The van der Waals surface area contributed by atoms with Gasteiger partial charge >= 0.3 is 0 Å². The van der Waals surface area contributed by atoms with Crippen LogP contribution in [0, 0.1) is 6.92 Å². The third-order valence-corrected chi connectivity index (χ3v) is 7.00. The second kappa shape index (κ2) is 10.0. The Kier molecular flexibility index (Phi) is 7.12. The number of aryl methyl sites for hydroxylation is 1. The minimum Gasteiger partial charge on any atom is -0.383 e. The summed E-state index contributed by atoms with van der Waals surface area (Å²) >= 11 is 6.77. The highest BCUT2D eigenvalue weighted by Gasteiger charge is 2.32. The molecule has 1 aliphatic rings. The van der Waals surface area contributed by atoms with E-state index in [1.165, 1.54) is 17.3 Å². The van der Waals surface area contributed by atoms with Gasteiger partial charge in [-0.1, -0.05) is 68.2 Å². The van der Waals surface area contributed by atoms with Gasteiger partial charge in [0.25, 0.3) is 5.91 Å². The number of thioether (sulfide) groups is 1. The average molecular weight is 478 g/mol. The number of benzene rings is 2. The van der Waals surface area contributed by atoms with Crippen LogP contribution in [0.25, 0.3) is 23.0 Å². The summed E-state index contributed by atoms with van der Waals surface area (Å²) in [5, 5.41) is 4.95. The van der Waals surface area contributed by atoms with Crippen molar-refractivity contribution in [3.63, 3.8) is 0 Å². The number of ether oxygens (including phenoxy) is 1. The molecule has 2 heterocycles. The molecule has 1 aliphatic heterocycles. The Morgan fingerprint density at radius 3 is 2.64 bits per heavy atom. The van der Waals surface area contributed by atoms with E-state index in [0.29, 0.717) is 28.3 Å². The highest BCUT2D eigenvalue weighted by atomic mass is 32.2. The van der Waals surface area contributed by atoms with Gasteiger partial charge in [-0.2, -0.15) is 5.10 Å². The van der Waals surface area contributed by atoms with Gasteiger partial charge in [0.2, 0.25) is 0 Å². The molecule has 1 amide bonds. The quantitative estimate of drug-likeness (QED) is 0.317. The molecule has 0 atom stereocenters. The smallest absolute Gasteiger partial charge is 0.266 e. The van der Waals surface area contributed by atoms with Crippen LogP contribution >= 0.6 is 24.0 Å². The topological polar surface area (TPSA) is 47.4 Å². The van der Waals surface area contributed by atoms with E-state index in [9.17, 15) is 4.79 Å². The molecule has 4 rings (SSSR count). The first-order valence-electron chi connectivity index (χ1n) is 10.9. The first-order chi connectivity index (χ1) is 15.9. The number of thiocarbonyl (C=S) groups is 1. The summed E-state index contributed by atoms with van der Waals surface area (Å²) in [7, 11) is 1.62. The minimum absolute atomic E-state index is 0.0897. The maximum absolute atomic E-state index is 13.0. The molecule has 2 aromatic carbocycles. The lowest BCUT2D eigenvalue weighted by molar-refractivity contribution is -0.122. The van der Waals surface area contributed by atoms with Crippen molar-refractivity contribution in [2.24, 2.45) is 0 Å². The van der Waals surface area contributed by atoms with E-state index in [-0.39, 0.29) is 5.91 Å². The maximum Gasteiger partial charge on any atom is 0.266 e. The lowest BCUT2D eigenvalue weighted by atomic mass is 9.95. The van der Waals surface area contributed by atoms with Gasteiger partial charge in [0.1, 0.15) is 10.0 Å². The number of amides is 1. The number of aromatic nitrogens is 2. The molecule has 0 radical (unpaired) electrons. The Morgan fingerprint density at radius 1 is 1.18 bits per heavy atom. The number of nitrogens with zero attached hydrogens (tertiary/aromatic N) is 3. The van der Waals surface area contributed by atoms with Crippen LogP contribution in [-0.2, 0) is 9.53 Å². The summed E-state index contributed by atoms with van der Waals surface area (Å²) in [6, 6.07) is 16.5. The van der Waals surface area contributed by atoms with E-state index in [2.05, 4.69) is 39.0 Å². The Hall–Kier alpha value is -2.74. The monoisotopic (exact) mass is 477 g/mol. The number of methoxy groups -OCH3 is 1. The summed E-state index contributed by atoms with van der Waals surface area (Å²) in [6.45, 7) is 7.35. The fourth-order valence-electron chi connectivity index (χ4n) is 3.69. The molecule has 0 unspecified atom stereocenters. The highest BCUT2D eigenvalue weighted by Crippen LogP contribution is 2.36. The molecule has 7 heteroatoms. The van der Waals surface area contributed by atoms with Crippen LogP contribution in [0.4, 0.5) is 0 Å². The second-order valence-corrected chi connectivity index (χ2v) is 9.94. The molecule has 0 aliphatic carbocycles. The van der Waals surface area contributed by atoms with Gasteiger partial charge in [0.05, 0.1) is 23.7 Å². The molecule has 33 heavy (non-hydrogen) atoms. The van der Waals surface area contributed by atoms with E-state index in [0.717, 1.165) is 28.1 Å². The standard InChI is InChI=1S/C26H27N3O2S2/c1-17(2)19-11-10-18(3)22(14-19)24-20(16-29(27-24)21-8-6-5-7-9-21)15-23-25(30)28(12-13-31-4)26(32)33-23/h5-11,14-17H,12-13H2,1-4H3/b23-15-. The van der Waals surface area contributed by atoms with Crippen molar-refractivity contribution in [3.8, 4) is 16.9 Å². The summed E-state index contributed by atoms with van der Waals surface area (Å²) in [6.07, 6.45) is 3.89. The lowest BCUT2D eigenvalue weighted by Gasteiger charge is -2.13. The molecule has 0 N–H and O–H groups in total. The first kappa shape index (κ1) is 23.4. The van der Waals surface area contributed by atoms with Gasteiger partial charge in [-0.25, -0.2) is 4.68 Å². The van der Waals surface area contributed by atoms with E-state index in [1.807, 2.05) is 47.3 Å². The normalized spacial score (nSPS) is 15.3. The molecule has 0 spiro atoms. The average Bonchev–Trinajstić information content (AvgIpc) is 3.34. The fraction of sp³-hybridized carbons (Fsp3) is 0.269. The first-order valence-corrected chi connectivity index (χ1v) is 12.1. The van der Waals surface area contributed by atoms with E-state index in [1.54, 1.807) is 12.0 Å². The number of carbonyl (C=O) groups excluding carboxylic acids is 1. The number of carbonyl (C=O) groups is 1. The highest BCUT2D eigenvalue weighted by molar-refractivity contribution is 8.26. The largest absolute Gasteiger partial charge is 0.383 e. The SMILES string of the molecule is COCCN1C(=O)/C(=C/c2cn(-c3ccccc3)nc2-c2cc(C(C)C)ccc2C)SC1=S. The minimum atomic E-state index is -0.0897. The zero-order valence-corrected chi connectivity index (χ0v) is 20.9. The summed E-state index contributed by atoms with van der Waals surface area (Å²) < 4.78 is 7.55. The van der Waals surface area contributed by atoms with Crippen molar-refractivity contribution < 1.29 is 9.53 Å². The Labute approximate surface area is 204 Å². The van der Waals surface area contributed by atoms with Crippen molar-refractivity contribution in [2.45, 2.75) is 26.7 Å². The molecular formula is C26H27N3O2S2. The van der Waals surface area contributed by atoms with E-state index < -0.39 is 0 Å². The summed E-state index contributed by atoms with van der Waals surface area (Å²) in [5.41, 5.74) is 6.15. The van der Waals surface area contributed by atoms with Crippen molar-refractivity contribution in [2.75, 3.05) is 20.3 Å². The molecule has 1 saturated heterocycles. The molecule has 0 saturated carbocycles.